The summed E-state index contributed by atoms with van der Waals surface area (Å²) in [6, 6.07) is 8.72. The van der Waals surface area contributed by atoms with E-state index in [1.54, 1.807) is 0 Å². The lowest BCUT2D eigenvalue weighted by molar-refractivity contribution is 0.274. The summed E-state index contributed by atoms with van der Waals surface area (Å²) >= 11 is 3.60. The highest BCUT2D eigenvalue weighted by atomic mass is 79.9. The number of benzene rings is 1. The molecule has 6 heteroatoms. The molecule has 150 valence electrons. The van der Waals surface area contributed by atoms with Gasteiger partial charge in [-0.25, -0.2) is 0 Å². The Bertz CT molecular complexity index is 629. The zero-order valence-electron chi connectivity index (χ0n) is 16.8. The minimum atomic E-state index is 0.277. The van der Waals surface area contributed by atoms with E-state index in [2.05, 4.69) is 72.7 Å². The molecule has 1 aromatic carbocycles. The van der Waals surface area contributed by atoms with Gasteiger partial charge in [0.05, 0.1) is 0 Å². The summed E-state index contributed by atoms with van der Waals surface area (Å²) in [6.07, 6.45) is 4.93. The highest BCUT2D eigenvalue weighted by Gasteiger charge is 2.44. The van der Waals surface area contributed by atoms with E-state index >= 15 is 0 Å². The highest BCUT2D eigenvalue weighted by Crippen LogP contribution is 2.48. The van der Waals surface area contributed by atoms with E-state index < -0.39 is 0 Å². The lowest BCUT2D eigenvalue weighted by atomic mass is 9.96. The van der Waals surface area contributed by atoms with Crippen molar-refractivity contribution in [1.29, 1.82) is 0 Å². The first-order chi connectivity index (χ1) is 13.1. The van der Waals surface area contributed by atoms with E-state index in [0.717, 1.165) is 29.9 Å². The van der Waals surface area contributed by atoms with Gasteiger partial charge in [0, 0.05) is 43.1 Å². The molecule has 0 spiro atoms. The number of halogens is 1. The highest BCUT2D eigenvalue weighted by molar-refractivity contribution is 9.10. The lowest BCUT2D eigenvalue weighted by Crippen LogP contribution is -2.42. The third kappa shape index (κ3) is 6.19. The van der Waals surface area contributed by atoms with Crippen molar-refractivity contribution < 1.29 is 0 Å². The number of guanidine groups is 1. The van der Waals surface area contributed by atoms with E-state index in [-0.39, 0.29) is 5.41 Å². The molecule has 1 saturated carbocycles. The fraction of sp³-hybridized carbons (Fsp3) is 0.667. The second kappa shape index (κ2) is 9.89. The van der Waals surface area contributed by atoms with E-state index in [0.29, 0.717) is 0 Å². The predicted molar refractivity (Wildman–Crippen MR) is 118 cm³/mol. The second-order valence-corrected chi connectivity index (χ2v) is 8.91. The van der Waals surface area contributed by atoms with Crippen molar-refractivity contribution in [3.8, 4) is 0 Å². The number of nitrogens with zero attached hydrogens (tertiary/aromatic N) is 3. The van der Waals surface area contributed by atoms with Crippen LogP contribution in [0.4, 0.5) is 0 Å². The topological polar surface area (TPSA) is 42.9 Å². The van der Waals surface area contributed by atoms with Crippen LogP contribution in [0.15, 0.2) is 33.7 Å². The molecule has 5 nitrogen and oxygen atoms in total. The van der Waals surface area contributed by atoms with Gasteiger partial charge >= 0.3 is 0 Å². The maximum atomic E-state index is 4.40. The number of nitrogens with one attached hydrogen (secondary N) is 2. The zero-order valence-corrected chi connectivity index (χ0v) is 18.4. The summed E-state index contributed by atoms with van der Waals surface area (Å²) < 4.78 is 1.16. The van der Waals surface area contributed by atoms with Crippen molar-refractivity contribution in [2.24, 2.45) is 4.99 Å². The van der Waals surface area contributed by atoms with Gasteiger partial charge in [-0.2, -0.15) is 0 Å². The maximum absolute atomic E-state index is 4.40. The Balaban J connectivity index is 1.37. The van der Waals surface area contributed by atoms with Crippen molar-refractivity contribution in [3.05, 3.63) is 34.3 Å². The number of aliphatic imine (C=N–C) groups is 1. The number of rotatable bonds is 7. The van der Waals surface area contributed by atoms with Crippen LogP contribution < -0.4 is 10.6 Å². The third-order valence-corrected chi connectivity index (χ3v) is 6.36. The third-order valence-electron chi connectivity index (χ3n) is 5.86. The lowest BCUT2D eigenvalue weighted by Gasteiger charge is -2.21. The van der Waals surface area contributed by atoms with Crippen molar-refractivity contribution in [2.45, 2.75) is 31.1 Å². The summed E-state index contributed by atoms with van der Waals surface area (Å²) in [4.78, 5) is 9.43. The predicted octanol–water partition coefficient (Wildman–Crippen LogP) is 2.67. The van der Waals surface area contributed by atoms with E-state index in [4.69, 9.17) is 0 Å². The molecule has 1 saturated heterocycles. The molecule has 3 rings (SSSR count). The first kappa shape index (κ1) is 20.6. The van der Waals surface area contributed by atoms with Crippen LogP contribution in [0.5, 0.6) is 0 Å². The van der Waals surface area contributed by atoms with Gasteiger partial charge in [0.2, 0.25) is 0 Å². The van der Waals surface area contributed by atoms with Gasteiger partial charge in [-0.15, -0.1) is 0 Å². The van der Waals surface area contributed by atoms with Gasteiger partial charge in [0.1, 0.15) is 0 Å². The van der Waals surface area contributed by atoms with Crippen LogP contribution in [0, 0.1) is 0 Å². The summed E-state index contributed by atoms with van der Waals surface area (Å²) in [5.41, 5.74) is 1.70. The van der Waals surface area contributed by atoms with Gasteiger partial charge in [-0.1, -0.05) is 28.1 Å². The minimum Gasteiger partial charge on any atom is -0.356 e. The number of likely N-dealkylation sites (N-methyl/N-ethyl adjacent to an activating group) is 1. The van der Waals surface area contributed by atoms with Crippen molar-refractivity contribution >= 4 is 21.9 Å². The Morgan fingerprint density at radius 2 is 2.04 bits per heavy atom. The SMILES string of the molecule is CN=C(NCCCN1CCCN(C)CC1)NCC1(c2cccc(Br)c2)CC1. The minimum absolute atomic E-state index is 0.277. The quantitative estimate of drug-likeness (QED) is 0.392. The van der Waals surface area contributed by atoms with Crippen molar-refractivity contribution in [3.63, 3.8) is 0 Å². The first-order valence-corrected chi connectivity index (χ1v) is 11.0. The maximum Gasteiger partial charge on any atom is 0.191 e. The van der Waals surface area contributed by atoms with Gasteiger partial charge in [-0.05, 0) is 70.1 Å². The molecular weight excluding hydrogens is 402 g/mol. The van der Waals surface area contributed by atoms with Crippen molar-refractivity contribution in [2.75, 3.05) is 59.9 Å². The van der Waals surface area contributed by atoms with Gasteiger partial charge in [-0.3, -0.25) is 4.99 Å². The average Bonchev–Trinajstić information content (AvgIpc) is 3.47. The monoisotopic (exact) mass is 435 g/mol. The van der Waals surface area contributed by atoms with Crippen LogP contribution in [0.3, 0.4) is 0 Å². The molecule has 0 amide bonds. The van der Waals surface area contributed by atoms with Crippen LogP contribution in [0.25, 0.3) is 0 Å². The van der Waals surface area contributed by atoms with Crippen LogP contribution in [-0.4, -0.2) is 75.7 Å². The van der Waals surface area contributed by atoms with Gasteiger partial charge in [0.25, 0.3) is 0 Å². The molecule has 1 heterocycles. The summed E-state index contributed by atoms with van der Waals surface area (Å²) in [7, 11) is 4.08. The van der Waals surface area contributed by atoms with E-state index in [9.17, 15) is 0 Å². The normalized spacial score (nSPS) is 20.9. The molecule has 2 N–H and O–H groups in total. The molecule has 0 bridgehead atoms. The Hall–Kier alpha value is -1.11. The molecule has 0 radical (unpaired) electrons. The standard InChI is InChI=1S/C21H34BrN5/c1-23-20(24-10-4-12-27-13-5-11-26(2)14-15-27)25-17-21(8-9-21)18-6-3-7-19(22)16-18/h3,6-7,16H,4-5,8-15,17H2,1-2H3,(H2,23,24,25). The fourth-order valence-electron chi connectivity index (χ4n) is 3.84. The number of hydrogen-bond acceptors (Lipinski definition) is 3. The Morgan fingerprint density at radius 1 is 1.19 bits per heavy atom. The largest absolute Gasteiger partial charge is 0.356 e. The first-order valence-electron chi connectivity index (χ1n) is 10.2. The zero-order chi connectivity index (χ0) is 19.1. The second-order valence-electron chi connectivity index (χ2n) is 8.00. The number of hydrogen-bond donors (Lipinski definition) is 2. The Kier molecular flexibility index (Phi) is 7.56. The van der Waals surface area contributed by atoms with Crippen LogP contribution in [0.2, 0.25) is 0 Å². The van der Waals surface area contributed by atoms with Crippen LogP contribution in [0.1, 0.15) is 31.2 Å². The molecule has 0 atom stereocenters. The summed E-state index contributed by atoms with van der Waals surface area (Å²) in [5.74, 6) is 0.923. The van der Waals surface area contributed by atoms with E-state index in [1.807, 2.05) is 7.05 Å². The fourth-order valence-corrected chi connectivity index (χ4v) is 4.24. The molecular formula is C21H34BrN5. The molecule has 0 aromatic heterocycles. The van der Waals surface area contributed by atoms with Crippen LogP contribution in [-0.2, 0) is 5.41 Å². The molecule has 1 aromatic rings. The molecule has 0 unspecified atom stereocenters. The van der Waals surface area contributed by atoms with Gasteiger partial charge < -0.3 is 20.4 Å². The van der Waals surface area contributed by atoms with E-state index in [1.165, 1.54) is 57.5 Å². The molecule has 2 fully saturated rings. The molecule has 1 aliphatic carbocycles. The van der Waals surface area contributed by atoms with Crippen LogP contribution >= 0.6 is 15.9 Å². The molecule has 1 aliphatic heterocycles. The molecule has 2 aliphatic rings. The Labute approximate surface area is 172 Å². The Morgan fingerprint density at radius 3 is 2.78 bits per heavy atom. The summed E-state index contributed by atoms with van der Waals surface area (Å²) in [5, 5.41) is 7.04. The average molecular weight is 436 g/mol. The van der Waals surface area contributed by atoms with Gasteiger partial charge in [0.15, 0.2) is 5.96 Å². The smallest absolute Gasteiger partial charge is 0.191 e. The summed E-state index contributed by atoms with van der Waals surface area (Å²) in [6.45, 7) is 7.92. The van der Waals surface area contributed by atoms with Crippen molar-refractivity contribution in [1.82, 2.24) is 20.4 Å². The molecule has 27 heavy (non-hydrogen) atoms.